The molecule has 0 radical (unpaired) electrons. The normalized spacial score (nSPS) is 18.1. The van der Waals surface area contributed by atoms with E-state index >= 15 is 0 Å². The maximum absolute atomic E-state index is 12.1. The summed E-state index contributed by atoms with van der Waals surface area (Å²) in [6.45, 7) is 2.26. The van der Waals surface area contributed by atoms with Crippen LogP contribution in [0, 0.1) is 5.92 Å². The molecule has 0 aliphatic carbocycles. The van der Waals surface area contributed by atoms with Gasteiger partial charge in [0.25, 0.3) is 0 Å². The van der Waals surface area contributed by atoms with Gasteiger partial charge in [-0.1, -0.05) is 30.3 Å². The lowest BCUT2D eigenvalue weighted by atomic mass is 9.92. The van der Waals surface area contributed by atoms with Gasteiger partial charge in [-0.25, -0.2) is 0 Å². The van der Waals surface area contributed by atoms with Gasteiger partial charge >= 0.3 is 0 Å². The first-order valence-electron chi connectivity index (χ1n) is 8.30. The molecule has 1 heterocycles. The second-order valence-electron chi connectivity index (χ2n) is 6.42. The Bertz CT molecular complexity index is 442. The zero-order valence-electron chi connectivity index (χ0n) is 13.5. The number of rotatable bonds is 7. The molecule has 1 saturated heterocycles. The SMILES string of the molecule is CN1CCC(CCC(=O)N[C@H](CO)Cc2ccccc2)CC1. The van der Waals surface area contributed by atoms with Crippen LogP contribution >= 0.6 is 0 Å². The minimum Gasteiger partial charge on any atom is -0.394 e. The van der Waals surface area contributed by atoms with Gasteiger partial charge in [-0.2, -0.15) is 0 Å². The Kier molecular flexibility index (Phi) is 6.87. The zero-order chi connectivity index (χ0) is 15.8. The number of nitrogens with zero attached hydrogens (tertiary/aromatic N) is 1. The van der Waals surface area contributed by atoms with Crippen LogP contribution in [0.5, 0.6) is 0 Å². The molecule has 0 bridgehead atoms. The molecule has 0 unspecified atom stereocenters. The first kappa shape index (κ1) is 17.0. The van der Waals surface area contributed by atoms with Crippen molar-refractivity contribution >= 4 is 5.91 Å². The highest BCUT2D eigenvalue weighted by Gasteiger charge is 2.18. The van der Waals surface area contributed by atoms with E-state index in [0.29, 0.717) is 18.8 Å². The molecule has 122 valence electrons. The maximum atomic E-state index is 12.1. The standard InChI is InChI=1S/C18H28N2O2/c1-20-11-9-15(10-12-20)7-8-18(22)19-17(14-21)13-16-5-3-2-4-6-16/h2-6,15,17,21H,7-14H2,1H3,(H,19,22)/t17-/m0/s1. The fourth-order valence-electron chi connectivity index (χ4n) is 3.05. The molecule has 4 heteroatoms. The van der Waals surface area contributed by atoms with Crippen LogP contribution in [0.3, 0.4) is 0 Å². The zero-order valence-corrected chi connectivity index (χ0v) is 13.5. The number of benzene rings is 1. The van der Waals surface area contributed by atoms with Crippen LogP contribution in [0.25, 0.3) is 0 Å². The van der Waals surface area contributed by atoms with E-state index in [1.807, 2.05) is 30.3 Å². The van der Waals surface area contributed by atoms with Crippen LogP contribution < -0.4 is 5.32 Å². The fourth-order valence-corrected chi connectivity index (χ4v) is 3.05. The highest BCUT2D eigenvalue weighted by Crippen LogP contribution is 2.20. The molecule has 1 aliphatic rings. The van der Waals surface area contributed by atoms with Gasteiger partial charge in [0.15, 0.2) is 0 Å². The number of likely N-dealkylation sites (tertiary alicyclic amines) is 1. The number of hydrogen-bond acceptors (Lipinski definition) is 3. The Labute approximate surface area is 133 Å². The van der Waals surface area contributed by atoms with Crippen LogP contribution in [0.2, 0.25) is 0 Å². The Morgan fingerprint density at radius 1 is 1.32 bits per heavy atom. The third kappa shape index (κ3) is 5.78. The van der Waals surface area contributed by atoms with Crippen molar-refractivity contribution in [1.82, 2.24) is 10.2 Å². The molecule has 2 N–H and O–H groups in total. The van der Waals surface area contributed by atoms with E-state index in [-0.39, 0.29) is 18.6 Å². The third-order valence-corrected chi connectivity index (χ3v) is 4.53. The van der Waals surface area contributed by atoms with Crippen LogP contribution in [-0.4, -0.2) is 48.7 Å². The molecule has 0 spiro atoms. The Morgan fingerprint density at radius 3 is 2.64 bits per heavy atom. The van der Waals surface area contributed by atoms with Crippen molar-refractivity contribution in [2.75, 3.05) is 26.7 Å². The number of nitrogens with one attached hydrogen (secondary N) is 1. The molecular weight excluding hydrogens is 276 g/mol. The molecule has 4 nitrogen and oxygen atoms in total. The fraction of sp³-hybridized carbons (Fsp3) is 0.611. The summed E-state index contributed by atoms with van der Waals surface area (Å²) in [5.74, 6) is 0.734. The molecule has 1 aliphatic heterocycles. The number of aliphatic hydroxyl groups excluding tert-OH is 1. The summed E-state index contributed by atoms with van der Waals surface area (Å²) in [7, 11) is 2.15. The van der Waals surface area contributed by atoms with Crippen molar-refractivity contribution in [2.24, 2.45) is 5.92 Å². The van der Waals surface area contributed by atoms with Gasteiger partial charge in [0, 0.05) is 6.42 Å². The van der Waals surface area contributed by atoms with Gasteiger partial charge in [0.2, 0.25) is 5.91 Å². The summed E-state index contributed by atoms with van der Waals surface area (Å²) < 4.78 is 0. The summed E-state index contributed by atoms with van der Waals surface area (Å²) in [6, 6.07) is 9.78. The second kappa shape index (κ2) is 8.91. The van der Waals surface area contributed by atoms with Crippen molar-refractivity contribution < 1.29 is 9.90 Å². The molecule has 2 rings (SSSR count). The van der Waals surface area contributed by atoms with E-state index in [2.05, 4.69) is 17.3 Å². The monoisotopic (exact) mass is 304 g/mol. The topological polar surface area (TPSA) is 52.6 Å². The largest absolute Gasteiger partial charge is 0.394 e. The highest BCUT2D eigenvalue weighted by atomic mass is 16.3. The molecule has 1 amide bonds. The van der Waals surface area contributed by atoms with Crippen LogP contribution in [-0.2, 0) is 11.2 Å². The van der Waals surface area contributed by atoms with Crippen LogP contribution in [0.1, 0.15) is 31.2 Å². The molecule has 22 heavy (non-hydrogen) atoms. The van der Waals surface area contributed by atoms with Gasteiger partial charge in [0.1, 0.15) is 0 Å². The molecular formula is C18H28N2O2. The van der Waals surface area contributed by atoms with Crippen molar-refractivity contribution in [3.63, 3.8) is 0 Å². The number of amides is 1. The van der Waals surface area contributed by atoms with Crippen LogP contribution in [0.15, 0.2) is 30.3 Å². The molecule has 1 fully saturated rings. The third-order valence-electron chi connectivity index (χ3n) is 4.53. The van der Waals surface area contributed by atoms with Gasteiger partial charge in [-0.15, -0.1) is 0 Å². The molecule has 0 aromatic heterocycles. The van der Waals surface area contributed by atoms with E-state index in [9.17, 15) is 9.90 Å². The highest BCUT2D eigenvalue weighted by molar-refractivity contribution is 5.76. The molecule has 1 atom stereocenters. The summed E-state index contributed by atoms with van der Waals surface area (Å²) >= 11 is 0. The summed E-state index contributed by atoms with van der Waals surface area (Å²) in [4.78, 5) is 14.4. The molecule has 1 aromatic carbocycles. The lowest BCUT2D eigenvalue weighted by Gasteiger charge is -2.28. The first-order chi connectivity index (χ1) is 10.7. The van der Waals surface area contributed by atoms with Gasteiger partial charge < -0.3 is 15.3 Å². The second-order valence-corrected chi connectivity index (χ2v) is 6.42. The van der Waals surface area contributed by atoms with E-state index in [1.165, 1.54) is 12.8 Å². The Morgan fingerprint density at radius 2 is 2.00 bits per heavy atom. The van der Waals surface area contributed by atoms with Crippen LogP contribution in [0.4, 0.5) is 0 Å². The van der Waals surface area contributed by atoms with Crippen molar-refractivity contribution in [3.8, 4) is 0 Å². The smallest absolute Gasteiger partial charge is 0.220 e. The number of hydrogen-bond donors (Lipinski definition) is 2. The van der Waals surface area contributed by atoms with E-state index in [0.717, 1.165) is 25.1 Å². The van der Waals surface area contributed by atoms with E-state index in [4.69, 9.17) is 0 Å². The number of carbonyl (C=O) groups excluding carboxylic acids is 1. The minimum atomic E-state index is -0.188. The first-order valence-corrected chi connectivity index (χ1v) is 8.30. The van der Waals surface area contributed by atoms with Gasteiger partial charge in [0.05, 0.1) is 12.6 Å². The average Bonchev–Trinajstić information content (AvgIpc) is 2.54. The summed E-state index contributed by atoms with van der Waals surface area (Å²) in [5.41, 5.74) is 1.14. The Hall–Kier alpha value is -1.39. The Balaban J connectivity index is 1.70. The average molecular weight is 304 g/mol. The quantitative estimate of drug-likeness (QED) is 0.808. The lowest BCUT2D eigenvalue weighted by Crippen LogP contribution is -2.39. The van der Waals surface area contributed by atoms with Gasteiger partial charge in [-0.3, -0.25) is 4.79 Å². The molecule has 0 saturated carbocycles. The lowest BCUT2D eigenvalue weighted by molar-refractivity contribution is -0.122. The molecule has 1 aromatic rings. The van der Waals surface area contributed by atoms with E-state index < -0.39 is 0 Å². The number of aliphatic hydroxyl groups is 1. The van der Waals surface area contributed by atoms with Crippen molar-refractivity contribution in [1.29, 1.82) is 0 Å². The van der Waals surface area contributed by atoms with E-state index in [1.54, 1.807) is 0 Å². The number of carbonyl (C=O) groups is 1. The number of piperidine rings is 1. The van der Waals surface area contributed by atoms with Gasteiger partial charge in [-0.05, 0) is 57.3 Å². The summed E-state index contributed by atoms with van der Waals surface area (Å²) in [6.07, 6.45) is 4.59. The van der Waals surface area contributed by atoms with Crippen molar-refractivity contribution in [3.05, 3.63) is 35.9 Å². The predicted octanol–water partition coefficient (Wildman–Crippen LogP) is 1.83. The minimum absolute atomic E-state index is 0.0190. The predicted molar refractivity (Wildman–Crippen MR) is 88.6 cm³/mol. The summed E-state index contributed by atoms with van der Waals surface area (Å²) in [5, 5.41) is 12.4. The van der Waals surface area contributed by atoms with Crippen molar-refractivity contribution in [2.45, 2.75) is 38.1 Å². The maximum Gasteiger partial charge on any atom is 0.220 e.